The van der Waals surface area contributed by atoms with Crippen LogP contribution in [0.5, 0.6) is 0 Å². The Kier molecular flexibility index (Phi) is 5.99. The van der Waals surface area contributed by atoms with Crippen LogP contribution in [0.15, 0.2) is 36.4 Å². The van der Waals surface area contributed by atoms with Gasteiger partial charge < -0.3 is 10.6 Å². The highest BCUT2D eigenvalue weighted by atomic mass is 19.1. The largest absolute Gasteiger partial charge is 0.315 e. The molecule has 0 amide bonds. The first-order valence-electron chi connectivity index (χ1n) is 10.8. The van der Waals surface area contributed by atoms with Crippen LogP contribution in [0.1, 0.15) is 61.6 Å². The third-order valence-corrected chi connectivity index (χ3v) is 6.62. The highest BCUT2D eigenvalue weighted by molar-refractivity contribution is 5.71. The molecule has 0 bridgehead atoms. The van der Waals surface area contributed by atoms with Gasteiger partial charge in [0.05, 0.1) is 5.56 Å². The van der Waals surface area contributed by atoms with E-state index < -0.39 is 5.82 Å². The first-order chi connectivity index (χ1) is 14.1. The Morgan fingerprint density at radius 1 is 1.10 bits per heavy atom. The number of nitrogens with one attached hydrogen (secondary N) is 2. The maximum atomic E-state index is 14.2. The van der Waals surface area contributed by atoms with E-state index in [-0.39, 0.29) is 5.56 Å². The van der Waals surface area contributed by atoms with E-state index in [1.54, 1.807) is 6.07 Å². The van der Waals surface area contributed by atoms with Gasteiger partial charge in [0.25, 0.3) is 0 Å². The smallest absolute Gasteiger partial charge is 0.141 e. The van der Waals surface area contributed by atoms with Crippen molar-refractivity contribution in [2.45, 2.75) is 63.6 Å². The summed E-state index contributed by atoms with van der Waals surface area (Å²) in [5, 5.41) is 16.3. The maximum absolute atomic E-state index is 14.2. The van der Waals surface area contributed by atoms with Crippen LogP contribution >= 0.6 is 0 Å². The average Bonchev–Trinajstić information content (AvgIpc) is 3.57. The summed E-state index contributed by atoms with van der Waals surface area (Å²) in [6.45, 7) is 3.18. The normalized spacial score (nSPS) is 24.3. The number of rotatable bonds is 6. The molecular weight excluding hydrogens is 361 g/mol. The summed E-state index contributed by atoms with van der Waals surface area (Å²) in [4.78, 5) is 0. The van der Waals surface area contributed by atoms with Crippen LogP contribution in [0, 0.1) is 23.1 Å². The number of hydrogen-bond acceptors (Lipinski definition) is 3. The minimum absolute atomic E-state index is 0.101. The SMILES string of the molecule is CN[C@@H]1C[C@@H](C)CC[C@H]1NCc1cccc(-c2ccc(C#N)c(F)c2)c1C1CC1. The quantitative estimate of drug-likeness (QED) is 0.719. The molecule has 0 spiro atoms. The fraction of sp³-hybridized carbons (Fsp3) is 0.480. The summed E-state index contributed by atoms with van der Waals surface area (Å²) < 4.78 is 14.2. The van der Waals surface area contributed by atoms with Gasteiger partial charge in [-0.3, -0.25) is 0 Å². The molecule has 0 aliphatic heterocycles. The van der Waals surface area contributed by atoms with Gasteiger partial charge in [-0.1, -0.05) is 31.2 Å². The Hall–Kier alpha value is -2.22. The molecule has 4 heteroatoms. The number of benzene rings is 2. The van der Waals surface area contributed by atoms with Crippen LogP contribution in [0.25, 0.3) is 11.1 Å². The van der Waals surface area contributed by atoms with Crippen molar-refractivity contribution in [3.05, 3.63) is 58.9 Å². The molecule has 29 heavy (non-hydrogen) atoms. The third-order valence-electron chi connectivity index (χ3n) is 6.62. The zero-order valence-electron chi connectivity index (χ0n) is 17.3. The first-order valence-corrected chi connectivity index (χ1v) is 10.8. The number of halogens is 1. The molecule has 2 aromatic carbocycles. The molecule has 152 valence electrons. The summed E-state index contributed by atoms with van der Waals surface area (Å²) in [5.41, 5.74) is 4.75. The molecule has 0 saturated heterocycles. The lowest BCUT2D eigenvalue weighted by atomic mass is 9.83. The van der Waals surface area contributed by atoms with Crippen LogP contribution in [0.2, 0.25) is 0 Å². The minimum atomic E-state index is -0.441. The van der Waals surface area contributed by atoms with Crippen molar-refractivity contribution >= 4 is 0 Å². The van der Waals surface area contributed by atoms with Gasteiger partial charge in [-0.05, 0) is 85.4 Å². The van der Waals surface area contributed by atoms with Crippen molar-refractivity contribution in [3.63, 3.8) is 0 Å². The van der Waals surface area contributed by atoms with Crippen molar-refractivity contribution in [1.82, 2.24) is 10.6 Å². The van der Waals surface area contributed by atoms with Crippen molar-refractivity contribution in [2.24, 2.45) is 5.92 Å². The van der Waals surface area contributed by atoms with E-state index in [2.05, 4.69) is 42.8 Å². The number of nitriles is 1. The fourth-order valence-corrected chi connectivity index (χ4v) is 4.83. The summed E-state index contributed by atoms with van der Waals surface area (Å²) in [7, 11) is 2.06. The van der Waals surface area contributed by atoms with Crippen LogP contribution in [0.4, 0.5) is 4.39 Å². The zero-order chi connectivity index (χ0) is 20.4. The highest BCUT2D eigenvalue weighted by Gasteiger charge is 2.30. The molecule has 3 atom stereocenters. The van der Waals surface area contributed by atoms with Crippen molar-refractivity contribution in [1.29, 1.82) is 5.26 Å². The lowest BCUT2D eigenvalue weighted by Crippen LogP contribution is -2.49. The summed E-state index contributed by atoms with van der Waals surface area (Å²) in [5.74, 6) is 0.902. The molecule has 0 radical (unpaired) electrons. The van der Waals surface area contributed by atoms with E-state index in [9.17, 15) is 4.39 Å². The van der Waals surface area contributed by atoms with Gasteiger partial charge >= 0.3 is 0 Å². The molecule has 0 aromatic heterocycles. The second-order valence-corrected chi connectivity index (χ2v) is 8.76. The van der Waals surface area contributed by atoms with E-state index in [1.165, 1.54) is 49.3 Å². The van der Waals surface area contributed by atoms with Gasteiger partial charge in [0.15, 0.2) is 0 Å². The second kappa shape index (κ2) is 8.65. The standard InChI is InChI=1S/C25H30FN3/c1-16-6-11-23(24(12-16)28-2)29-15-20-4-3-5-21(25(20)17-7-8-17)18-9-10-19(14-27)22(26)13-18/h3-5,9-10,13,16-17,23-24,28-29H,6-8,11-12,15H2,1-2H3/t16-,23+,24+/m0/s1. The molecule has 2 aliphatic rings. The number of likely N-dealkylation sites (N-methyl/N-ethyl adjacent to an activating group) is 1. The van der Waals surface area contributed by atoms with Crippen LogP contribution in [-0.2, 0) is 6.54 Å². The van der Waals surface area contributed by atoms with Crippen LogP contribution < -0.4 is 10.6 Å². The average molecular weight is 392 g/mol. The van der Waals surface area contributed by atoms with E-state index in [1.807, 2.05) is 12.1 Å². The Morgan fingerprint density at radius 2 is 1.93 bits per heavy atom. The monoisotopic (exact) mass is 391 g/mol. The van der Waals surface area contributed by atoms with Crippen molar-refractivity contribution in [3.8, 4) is 17.2 Å². The molecule has 0 unspecified atom stereocenters. The lowest BCUT2D eigenvalue weighted by Gasteiger charge is -2.35. The number of nitrogens with zero attached hydrogens (tertiary/aromatic N) is 1. The fourth-order valence-electron chi connectivity index (χ4n) is 4.83. The van der Waals surface area contributed by atoms with Gasteiger partial charge in [-0.25, -0.2) is 4.39 Å². The van der Waals surface area contributed by atoms with Crippen LogP contribution in [-0.4, -0.2) is 19.1 Å². The third kappa shape index (κ3) is 4.37. The predicted octanol–water partition coefficient (Wildman–Crippen LogP) is 5.11. The van der Waals surface area contributed by atoms with Gasteiger partial charge in [0.2, 0.25) is 0 Å². The van der Waals surface area contributed by atoms with Crippen molar-refractivity contribution in [2.75, 3.05) is 7.05 Å². The Balaban J connectivity index is 1.59. The molecule has 2 N–H and O–H groups in total. The Labute approximate surface area is 173 Å². The molecule has 2 fully saturated rings. The molecule has 4 rings (SSSR count). The van der Waals surface area contributed by atoms with Gasteiger partial charge in [-0.2, -0.15) is 5.26 Å². The highest BCUT2D eigenvalue weighted by Crippen LogP contribution is 2.46. The van der Waals surface area contributed by atoms with E-state index in [0.717, 1.165) is 23.6 Å². The Bertz CT molecular complexity index is 913. The summed E-state index contributed by atoms with van der Waals surface area (Å²) in [6, 6.07) is 14.3. The topological polar surface area (TPSA) is 47.8 Å². The summed E-state index contributed by atoms with van der Waals surface area (Å²) >= 11 is 0. The molecule has 0 heterocycles. The van der Waals surface area contributed by atoms with Gasteiger partial charge in [0.1, 0.15) is 11.9 Å². The van der Waals surface area contributed by atoms with E-state index >= 15 is 0 Å². The van der Waals surface area contributed by atoms with Crippen LogP contribution in [0.3, 0.4) is 0 Å². The van der Waals surface area contributed by atoms with Crippen molar-refractivity contribution < 1.29 is 4.39 Å². The first kappa shape index (κ1) is 20.1. The van der Waals surface area contributed by atoms with E-state index in [4.69, 9.17) is 5.26 Å². The second-order valence-electron chi connectivity index (χ2n) is 8.76. The predicted molar refractivity (Wildman–Crippen MR) is 115 cm³/mol. The molecule has 2 aromatic rings. The molecular formula is C25H30FN3. The van der Waals surface area contributed by atoms with Gasteiger partial charge in [-0.15, -0.1) is 0 Å². The van der Waals surface area contributed by atoms with Gasteiger partial charge in [0, 0.05) is 18.6 Å². The molecule has 2 saturated carbocycles. The lowest BCUT2D eigenvalue weighted by molar-refractivity contribution is 0.243. The molecule has 3 nitrogen and oxygen atoms in total. The Morgan fingerprint density at radius 3 is 2.62 bits per heavy atom. The summed E-state index contributed by atoms with van der Waals surface area (Å²) in [6.07, 6.45) is 6.09. The minimum Gasteiger partial charge on any atom is -0.315 e. The van der Waals surface area contributed by atoms with E-state index in [0.29, 0.717) is 18.0 Å². The zero-order valence-corrected chi connectivity index (χ0v) is 17.3. The number of hydrogen-bond donors (Lipinski definition) is 2. The molecule has 2 aliphatic carbocycles. The maximum Gasteiger partial charge on any atom is 0.141 e.